The van der Waals surface area contributed by atoms with Crippen molar-refractivity contribution in [1.29, 1.82) is 0 Å². The highest BCUT2D eigenvalue weighted by Crippen LogP contribution is 2.31. The fourth-order valence-electron chi connectivity index (χ4n) is 1.00. The van der Waals surface area contributed by atoms with Crippen molar-refractivity contribution in [2.75, 3.05) is 0 Å². The van der Waals surface area contributed by atoms with Crippen molar-refractivity contribution in [3.63, 3.8) is 0 Å². The van der Waals surface area contributed by atoms with Crippen molar-refractivity contribution in [2.24, 2.45) is 5.73 Å². The largest absolute Gasteiger partial charge is 0.417 e. The Bertz CT molecular complexity index is 433. The van der Waals surface area contributed by atoms with Crippen LogP contribution in [-0.2, 0) is 6.18 Å². The SMILES string of the molecule is NC(=S)NC(=O)c1cnccc1C(F)(F)F. The summed E-state index contributed by atoms with van der Waals surface area (Å²) >= 11 is 4.35. The summed E-state index contributed by atoms with van der Waals surface area (Å²) in [7, 11) is 0. The molecule has 0 aliphatic rings. The number of hydrogen-bond donors (Lipinski definition) is 2. The van der Waals surface area contributed by atoms with Crippen molar-refractivity contribution in [1.82, 2.24) is 10.3 Å². The van der Waals surface area contributed by atoms with E-state index < -0.39 is 28.3 Å². The van der Waals surface area contributed by atoms with E-state index in [4.69, 9.17) is 5.73 Å². The standard InChI is InChI=1S/C8H6F3N3OS/c9-8(10,11)5-1-2-13-3-4(5)6(15)14-7(12)16/h1-3H,(H3,12,14,15,16). The fraction of sp³-hybridized carbons (Fsp3) is 0.125. The molecule has 1 heterocycles. The summed E-state index contributed by atoms with van der Waals surface area (Å²) in [5.41, 5.74) is 3.28. The Morgan fingerprint density at radius 3 is 2.62 bits per heavy atom. The van der Waals surface area contributed by atoms with Crippen LogP contribution in [0.25, 0.3) is 0 Å². The van der Waals surface area contributed by atoms with Gasteiger partial charge in [0.05, 0.1) is 11.1 Å². The van der Waals surface area contributed by atoms with Gasteiger partial charge in [0.2, 0.25) is 0 Å². The average Bonchev–Trinajstić information content (AvgIpc) is 2.15. The maximum atomic E-state index is 12.5. The third kappa shape index (κ3) is 2.89. The van der Waals surface area contributed by atoms with Crippen molar-refractivity contribution in [3.8, 4) is 0 Å². The molecule has 0 unspecified atom stereocenters. The van der Waals surface area contributed by atoms with Gasteiger partial charge in [-0.25, -0.2) is 0 Å². The summed E-state index contributed by atoms with van der Waals surface area (Å²) in [5, 5.41) is 1.50. The molecule has 1 rings (SSSR count). The summed E-state index contributed by atoms with van der Waals surface area (Å²) in [5.74, 6) is -1.03. The molecule has 1 aromatic heterocycles. The molecule has 0 spiro atoms. The number of halogens is 3. The molecule has 3 N–H and O–H groups in total. The Morgan fingerprint density at radius 1 is 1.50 bits per heavy atom. The number of nitrogens with zero attached hydrogens (tertiary/aromatic N) is 1. The monoisotopic (exact) mass is 249 g/mol. The van der Waals surface area contributed by atoms with Crippen LogP contribution in [0, 0.1) is 0 Å². The third-order valence-corrected chi connectivity index (χ3v) is 1.71. The molecule has 0 aromatic carbocycles. The molecule has 86 valence electrons. The number of amides is 1. The van der Waals surface area contributed by atoms with Crippen LogP contribution in [0.15, 0.2) is 18.5 Å². The van der Waals surface area contributed by atoms with E-state index in [1.807, 2.05) is 5.32 Å². The Morgan fingerprint density at radius 2 is 2.12 bits per heavy atom. The number of thiocarbonyl (C=S) groups is 1. The van der Waals surface area contributed by atoms with Crippen LogP contribution in [-0.4, -0.2) is 16.0 Å². The van der Waals surface area contributed by atoms with Gasteiger partial charge in [-0.05, 0) is 18.3 Å². The predicted molar refractivity (Wildman–Crippen MR) is 53.5 cm³/mol. The minimum Gasteiger partial charge on any atom is -0.376 e. The van der Waals surface area contributed by atoms with E-state index in [9.17, 15) is 18.0 Å². The lowest BCUT2D eigenvalue weighted by atomic mass is 10.1. The minimum atomic E-state index is -4.63. The van der Waals surface area contributed by atoms with Gasteiger partial charge in [0.1, 0.15) is 0 Å². The molecule has 1 amide bonds. The molecule has 0 fully saturated rings. The number of hydrogen-bond acceptors (Lipinski definition) is 3. The molecule has 0 radical (unpaired) electrons. The van der Waals surface area contributed by atoms with Gasteiger partial charge in [0.15, 0.2) is 5.11 Å². The van der Waals surface area contributed by atoms with Crippen LogP contribution in [0.3, 0.4) is 0 Å². The fourth-order valence-corrected chi connectivity index (χ4v) is 1.09. The number of nitrogens with one attached hydrogen (secondary N) is 1. The quantitative estimate of drug-likeness (QED) is 0.731. The second-order valence-corrected chi connectivity index (χ2v) is 3.18. The maximum absolute atomic E-state index is 12.5. The highest BCUT2D eigenvalue weighted by molar-refractivity contribution is 7.80. The zero-order valence-electron chi connectivity index (χ0n) is 7.71. The number of pyridine rings is 1. The lowest BCUT2D eigenvalue weighted by molar-refractivity contribution is -0.138. The highest BCUT2D eigenvalue weighted by atomic mass is 32.1. The van der Waals surface area contributed by atoms with Crippen LogP contribution < -0.4 is 11.1 Å². The minimum absolute atomic E-state index is 0.401. The lowest BCUT2D eigenvalue weighted by Gasteiger charge is -2.11. The Balaban J connectivity index is 3.14. The Kier molecular flexibility index (Phi) is 3.43. The van der Waals surface area contributed by atoms with Crippen molar-refractivity contribution >= 4 is 23.2 Å². The first-order valence-electron chi connectivity index (χ1n) is 3.94. The second kappa shape index (κ2) is 4.44. The van der Waals surface area contributed by atoms with Crippen LogP contribution in [0.5, 0.6) is 0 Å². The van der Waals surface area contributed by atoms with E-state index in [1.165, 1.54) is 0 Å². The van der Waals surface area contributed by atoms with Crippen molar-refractivity contribution < 1.29 is 18.0 Å². The first-order chi connectivity index (χ1) is 7.32. The molecule has 0 saturated carbocycles. The molecule has 16 heavy (non-hydrogen) atoms. The summed E-state index contributed by atoms with van der Waals surface area (Å²) < 4.78 is 37.4. The van der Waals surface area contributed by atoms with E-state index in [-0.39, 0.29) is 0 Å². The van der Waals surface area contributed by atoms with Gasteiger partial charge in [-0.3, -0.25) is 15.1 Å². The summed E-state index contributed by atoms with van der Waals surface area (Å²) in [6.45, 7) is 0. The van der Waals surface area contributed by atoms with Gasteiger partial charge in [0, 0.05) is 12.4 Å². The van der Waals surface area contributed by atoms with Gasteiger partial charge >= 0.3 is 6.18 Å². The van der Waals surface area contributed by atoms with Gasteiger partial charge in [0.25, 0.3) is 5.91 Å². The zero-order chi connectivity index (χ0) is 12.3. The molecular formula is C8H6F3N3OS. The van der Waals surface area contributed by atoms with E-state index in [1.54, 1.807) is 0 Å². The van der Waals surface area contributed by atoms with Gasteiger partial charge in [-0.15, -0.1) is 0 Å². The molecule has 4 nitrogen and oxygen atoms in total. The first kappa shape index (κ1) is 12.4. The summed E-state index contributed by atoms with van der Waals surface area (Å²) in [4.78, 5) is 14.7. The number of nitrogens with two attached hydrogens (primary N) is 1. The normalized spacial score (nSPS) is 10.9. The number of aromatic nitrogens is 1. The number of carbonyl (C=O) groups is 1. The predicted octanol–water partition coefficient (Wildman–Crippen LogP) is 1.07. The zero-order valence-corrected chi connectivity index (χ0v) is 8.52. The molecule has 1 aromatic rings. The second-order valence-electron chi connectivity index (χ2n) is 2.74. The molecule has 0 atom stereocenters. The summed E-state index contributed by atoms with van der Waals surface area (Å²) in [6.07, 6.45) is -2.89. The maximum Gasteiger partial charge on any atom is 0.417 e. The topological polar surface area (TPSA) is 68.0 Å². The Hall–Kier alpha value is -1.70. The molecule has 0 aliphatic carbocycles. The smallest absolute Gasteiger partial charge is 0.376 e. The molecule has 0 saturated heterocycles. The molecular weight excluding hydrogens is 243 g/mol. The van der Waals surface area contributed by atoms with E-state index >= 15 is 0 Å². The van der Waals surface area contributed by atoms with E-state index in [0.717, 1.165) is 12.4 Å². The first-order valence-corrected chi connectivity index (χ1v) is 4.35. The van der Waals surface area contributed by atoms with E-state index in [2.05, 4.69) is 17.2 Å². The molecule has 0 bridgehead atoms. The molecule has 8 heteroatoms. The number of carbonyl (C=O) groups excluding carboxylic acids is 1. The summed E-state index contributed by atoms with van der Waals surface area (Å²) in [6, 6.07) is 0.703. The number of alkyl halides is 3. The third-order valence-electron chi connectivity index (χ3n) is 1.61. The van der Waals surface area contributed by atoms with Crippen LogP contribution >= 0.6 is 12.2 Å². The number of rotatable bonds is 1. The van der Waals surface area contributed by atoms with Crippen LogP contribution in [0.4, 0.5) is 13.2 Å². The highest BCUT2D eigenvalue weighted by Gasteiger charge is 2.35. The average molecular weight is 249 g/mol. The van der Waals surface area contributed by atoms with Crippen LogP contribution in [0.2, 0.25) is 0 Å². The Labute approximate surface area is 93.7 Å². The molecule has 0 aliphatic heterocycles. The van der Waals surface area contributed by atoms with Crippen LogP contribution in [0.1, 0.15) is 15.9 Å². The lowest BCUT2D eigenvalue weighted by Crippen LogP contribution is -2.35. The van der Waals surface area contributed by atoms with Crippen molar-refractivity contribution in [3.05, 3.63) is 29.6 Å². The van der Waals surface area contributed by atoms with Gasteiger partial charge in [-0.1, -0.05) is 0 Å². The van der Waals surface area contributed by atoms with Crippen molar-refractivity contribution in [2.45, 2.75) is 6.18 Å². The van der Waals surface area contributed by atoms with E-state index in [0.29, 0.717) is 6.07 Å². The van der Waals surface area contributed by atoms with Gasteiger partial charge in [-0.2, -0.15) is 13.2 Å². The van der Waals surface area contributed by atoms with Gasteiger partial charge < -0.3 is 5.73 Å².